The number of halogens is 1. The summed E-state index contributed by atoms with van der Waals surface area (Å²) in [6.07, 6.45) is 3.84. The topological polar surface area (TPSA) is 34.2 Å². The van der Waals surface area contributed by atoms with Crippen LogP contribution < -0.4 is 10.1 Å². The summed E-state index contributed by atoms with van der Waals surface area (Å²) in [5.41, 5.74) is 2.25. The fourth-order valence-electron chi connectivity index (χ4n) is 2.28. The van der Waals surface area contributed by atoms with Crippen molar-refractivity contribution in [3.63, 3.8) is 0 Å². The van der Waals surface area contributed by atoms with Crippen LogP contribution in [0, 0.1) is 0 Å². The first kappa shape index (κ1) is 16.0. The zero-order valence-corrected chi connectivity index (χ0v) is 14.2. The Morgan fingerprint density at radius 3 is 2.67 bits per heavy atom. The lowest BCUT2D eigenvalue weighted by Gasteiger charge is -2.23. The first-order valence-electron chi connectivity index (χ1n) is 7.21. The number of pyridine rings is 1. The van der Waals surface area contributed by atoms with Crippen LogP contribution in [0.4, 0.5) is 0 Å². The molecule has 3 nitrogen and oxygen atoms in total. The zero-order chi connectivity index (χ0) is 15.2. The van der Waals surface area contributed by atoms with E-state index in [-0.39, 0.29) is 12.1 Å². The van der Waals surface area contributed by atoms with Crippen molar-refractivity contribution in [2.75, 3.05) is 6.54 Å². The van der Waals surface area contributed by atoms with Crippen molar-refractivity contribution in [2.24, 2.45) is 0 Å². The van der Waals surface area contributed by atoms with Crippen LogP contribution in [0.5, 0.6) is 5.75 Å². The number of para-hydroxylation sites is 1. The van der Waals surface area contributed by atoms with Crippen LogP contribution in [0.1, 0.15) is 37.9 Å². The van der Waals surface area contributed by atoms with Crippen molar-refractivity contribution >= 4 is 15.9 Å². The normalized spacial score (nSPS) is 12.4. The zero-order valence-electron chi connectivity index (χ0n) is 12.6. The van der Waals surface area contributed by atoms with Gasteiger partial charge in [-0.3, -0.25) is 4.98 Å². The maximum Gasteiger partial charge on any atom is 0.124 e. The molecule has 1 N–H and O–H groups in total. The second-order valence-electron chi connectivity index (χ2n) is 5.13. The van der Waals surface area contributed by atoms with Gasteiger partial charge in [-0.15, -0.1) is 0 Å². The maximum absolute atomic E-state index is 5.95. The summed E-state index contributed by atoms with van der Waals surface area (Å²) >= 11 is 3.49. The second-order valence-corrected chi connectivity index (χ2v) is 6.05. The highest BCUT2D eigenvalue weighted by molar-refractivity contribution is 9.10. The number of hydrogen-bond acceptors (Lipinski definition) is 3. The standard InChI is InChI=1S/C17H21BrN2O/c1-4-20-17(13-9-14(18)11-19-10-13)15-7-5-6-8-16(15)21-12(2)3/h5-12,17,20H,4H2,1-3H3. The minimum absolute atomic E-state index is 0.0648. The molecule has 0 fully saturated rings. The molecule has 0 spiro atoms. The number of ether oxygens (including phenoxy) is 1. The largest absolute Gasteiger partial charge is 0.491 e. The lowest BCUT2D eigenvalue weighted by atomic mass is 9.99. The molecular formula is C17H21BrN2O. The molecule has 0 aliphatic rings. The SMILES string of the molecule is CCNC(c1cncc(Br)c1)c1ccccc1OC(C)C. The van der Waals surface area contributed by atoms with Gasteiger partial charge in [0.1, 0.15) is 5.75 Å². The van der Waals surface area contributed by atoms with E-state index in [0.717, 1.165) is 27.9 Å². The summed E-state index contributed by atoms with van der Waals surface area (Å²) in [6.45, 7) is 7.05. The molecule has 21 heavy (non-hydrogen) atoms. The average Bonchev–Trinajstić information content (AvgIpc) is 2.45. The fraction of sp³-hybridized carbons (Fsp3) is 0.353. The third-order valence-electron chi connectivity index (χ3n) is 3.06. The number of rotatable bonds is 6. The van der Waals surface area contributed by atoms with Crippen molar-refractivity contribution < 1.29 is 4.74 Å². The molecule has 1 atom stereocenters. The van der Waals surface area contributed by atoms with E-state index in [2.05, 4.69) is 45.3 Å². The summed E-state index contributed by atoms with van der Waals surface area (Å²) < 4.78 is 6.93. The summed E-state index contributed by atoms with van der Waals surface area (Å²) in [7, 11) is 0. The Hall–Kier alpha value is -1.39. The molecule has 0 aliphatic heterocycles. The smallest absolute Gasteiger partial charge is 0.124 e. The van der Waals surface area contributed by atoms with E-state index in [1.54, 1.807) is 6.20 Å². The molecule has 0 radical (unpaired) electrons. The Balaban J connectivity index is 2.43. The van der Waals surface area contributed by atoms with Crippen molar-refractivity contribution in [2.45, 2.75) is 32.9 Å². The van der Waals surface area contributed by atoms with E-state index in [9.17, 15) is 0 Å². The predicted octanol–water partition coefficient (Wildman–Crippen LogP) is 4.33. The Labute approximate surface area is 134 Å². The minimum Gasteiger partial charge on any atom is -0.491 e. The van der Waals surface area contributed by atoms with E-state index < -0.39 is 0 Å². The molecule has 112 valence electrons. The molecule has 1 unspecified atom stereocenters. The summed E-state index contributed by atoms with van der Waals surface area (Å²) in [5.74, 6) is 0.915. The van der Waals surface area contributed by atoms with E-state index >= 15 is 0 Å². The quantitative estimate of drug-likeness (QED) is 0.843. The number of benzene rings is 1. The van der Waals surface area contributed by atoms with Crippen LogP contribution >= 0.6 is 15.9 Å². The van der Waals surface area contributed by atoms with Gasteiger partial charge < -0.3 is 10.1 Å². The molecule has 4 heteroatoms. The molecule has 0 aliphatic carbocycles. The first-order chi connectivity index (χ1) is 10.1. The predicted molar refractivity (Wildman–Crippen MR) is 89.7 cm³/mol. The van der Waals surface area contributed by atoms with Gasteiger partial charge in [0.2, 0.25) is 0 Å². The number of aromatic nitrogens is 1. The summed E-state index contributed by atoms with van der Waals surface area (Å²) in [6, 6.07) is 10.3. The van der Waals surface area contributed by atoms with Gasteiger partial charge >= 0.3 is 0 Å². The molecule has 0 saturated carbocycles. The van der Waals surface area contributed by atoms with Gasteiger partial charge in [-0.1, -0.05) is 25.1 Å². The van der Waals surface area contributed by atoms with Crippen LogP contribution in [-0.4, -0.2) is 17.6 Å². The Morgan fingerprint density at radius 1 is 1.24 bits per heavy atom. The van der Waals surface area contributed by atoms with Crippen molar-refractivity contribution in [1.29, 1.82) is 0 Å². The van der Waals surface area contributed by atoms with Crippen LogP contribution in [0.2, 0.25) is 0 Å². The number of hydrogen-bond donors (Lipinski definition) is 1. The van der Waals surface area contributed by atoms with Gasteiger partial charge in [-0.05, 0) is 54.0 Å². The molecular weight excluding hydrogens is 328 g/mol. The van der Waals surface area contributed by atoms with Crippen LogP contribution in [0.25, 0.3) is 0 Å². The van der Waals surface area contributed by atoms with E-state index in [1.165, 1.54) is 0 Å². The van der Waals surface area contributed by atoms with Gasteiger partial charge in [-0.2, -0.15) is 0 Å². The third kappa shape index (κ3) is 4.29. The lowest BCUT2D eigenvalue weighted by molar-refractivity contribution is 0.238. The highest BCUT2D eigenvalue weighted by Crippen LogP contribution is 2.31. The Morgan fingerprint density at radius 2 is 2.00 bits per heavy atom. The summed E-state index contributed by atoms with van der Waals surface area (Å²) in [5, 5.41) is 3.52. The fourth-order valence-corrected chi connectivity index (χ4v) is 2.66. The molecule has 0 bridgehead atoms. The number of nitrogens with zero attached hydrogens (tertiary/aromatic N) is 1. The first-order valence-corrected chi connectivity index (χ1v) is 8.00. The van der Waals surface area contributed by atoms with Crippen molar-refractivity contribution in [3.8, 4) is 5.75 Å². The van der Waals surface area contributed by atoms with Crippen molar-refractivity contribution in [1.82, 2.24) is 10.3 Å². The monoisotopic (exact) mass is 348 g/mol. The minimum atomic E-state index is 0.0648. The van der Waals surface area contributed by atoms with Crippen molar-refractivity contribution in [3.05, 3.63) is 58.3 Å². The molecule has 2 rings (SSSR count). The van der Waals surface area contributed by atoms with Gasteiger partial charge in [0.25, 0.3) is 0 Å². The molecule has 0 amide bonds. The van der Waals surface area contributed by atoms with Gasteiger partial charge in [-0.25, -0.2) is 0 Å². The van der Waals surface area contributed by atoms with E-state index in [4.69, 9.17) is 4.74 Å². The van der Waals surface area contributed by atoms with Gasteiger partial charge in [0.05, 0.1) is 12.1 Å². The van der Waals surface area contributed by atoms with Gasteiger partial charge in [0.15, 0.2) is 0 Å². The summed E-state index contributed by atoms with van der Waals surface area (Å²) in [4.78, 5) is 4.28. The number of nitrogens with one attached hydrogen (secondary N) is 1. The third-order valence-corrected chi connectivity index (χ3v) is 3.49. The molecule has 2 aromatic rings. The molecule has 0 saturated heterocycles. The van der Waals surface area contributed by atoms with Crippen LogP contribution in [-0.2, 0) is 0 Å². The maximum atomic E-state index is 5.95. The van der Waals surface area contributed by atoms with E-state index in [1.807, 2.05) is 38.2 Å². The molecule has 1 aromatic carbocycles. The second kappa shape index (κ2) is 7.57. The van der Waals surface area contributed by atoms with Crippen LogP contribution in [0.3, 0.4) is 0 Å². The highest BCUT2D eigenvalue weighted by atomic mass is 79.9. The van der Waals surface area contributed by atoms with Gasteiger partial charge in [0, 0.05) is 22.4 Å². The van der Waals surface area contributed by atoms with E-state index in [0.29, 0.717) is 0 Å². The average molecular weight is 349 g/mol. The molecule has 1 aromatic heterocycles. The lowest BCUT2D eigenvalue weighted by Crippen LogP contribution is -2.23. The van der Waals surface area contributed by atoms with Crippen LogP contribution in [0.15, 0.2) is 47.2 Å². The highest BCUT2D eigenvalue weighted by Gasteiger charge is 2.18. The Kier molecular flexibility index (Phi) is 5.76. The molecule has 1 heterocycles. The Bertz CT molecular complexity index is 587.